The maximum atomic E-state index is 11.3. The number of nitrogens with one attached hydrogen (secondary N) is 1. The van der Waals surface area contributed by atoms with Crippen LogP contribution in [0, 0.1) is 5.92 Å². The van der Waals surface area contributed by atoms with Crippen molar-refractivity contribution in [1.82, 2.24) is 0 Å². The number of ketones is 1. The molecule has 1 aliphatic rings. The van der Waals surface area contributed by atoms with E-state index in [2.05, 4.69) is 12.2 Å². The van der Waals surface area contributed by atoms with Crippen molar-refractivity contribution < 1.29 is 9.53 Å². The van der Waals surface area contributed by atoms with E-state index < -0.39 is 0 Å². The summed E-state index contributed by atoms with van der Waals surface area (Å²) in [5, 5.41) is 4.35. The topological polar surface area (TPSA) is 64.3 Å². The average molecular weight is 268 g/mol. The third-order valence-electron chi connectivity index (χ3n) is 3.37. The molecular formula is C13H20N2O2S. The highest BCUT2D eigenvalue weighted by molar-refractivity contribution is 7.18. The van der Waals surface area contributed by atoms with Gasteiger partial charge in [-0.2, -0.15) is 0 Å². The number of nitrogens with two attached hydrogens (primary N) is 1. The standard InChI is InChI=1S/C13H20N2O2S/c1-3-11-9(4-5-17-11)7-15-12-6-10(14)13(18-12)8(2)16/h6,9,11,15H,3-5,7,14H2,1-2H3. The predicted octanol–water partition coefficient (Wildman–Crippen LogP) is 2.76. The van der Waals surface area contributed by atoms with Crippen LogP contribution in [0.5, 0.6) is 0 Å². The smallest absolute Gasteiger partial charge is 0.171 e. The van der Waals surface area contributed by atoms with E-state index in [1.165, 1.54) is 11.3 Å². The second kappa shape index (κ2) is 5.71. The second-order valence-corrected chi connectivity index (χ2v) is 5.75. The summed E-state index contributed by atoms with van der Waals surface area (Å²) < 4.78 is 5.65. The minimum Gasteiger partial charge on any atom is -0.397 e. The lowest BCUT2D eigenvalue weighted by Crippen LogP contribution is -2.22. The maximum Gasteiger partial charge on any atom is 0.171 e. The quantitative estimate of drug-likeness (QED) is 0.806. The Morgan fingerprint density at radius 1 is 1.67 bits per heavy atom. The minimum atomic E-state index is 0.0289. The molecule has 2 rings (SSSR count). The largest absolute Gasteiger partial charge is 0.397 e. The molecule has 18 heavy (non-hydrogen) atoms. The Hall–Kier alpha value is -1.07. The van der Waals surface area contributed by atoms with E-state index in [9.17, 15) is 4.79 Å². The number of anilines is 2. The third kappa shape index (κ3) is 2.84. The van der Waals surface area contributed by atoms with Crippen molar-refractivity contribution in [3.05, 3.63) is 10.9 Å². The highest BCUT2D eigenvalue weighted by Gasteiger charge is 2.26. The summed E-state index contributed by atoms with van der Waals surface area (Å²) in [6, 6.07) is 1.85. The van der Waals surface area contributed by atoms with Crippen molar-refractivity contribution in [2.75, 3.05) is 24.2 Å². The Kier molecular flexibility index (Phi) is 4.24. The lowest BCUT2D eigenvalue weighted by Gasteiger charge is -2.17. The highest BCUT2D eigenvalue weighted by atomic mass is 32.1. The van der Waals surface area contributed by atoms with Gasteiger partial charge in [0.2, 0.25) is 0 Å². The summed E-state index contributed by atoms with van der Waals surface area (Å²) in [5.74, 6) is 0.584. The van der Waals surface area contributed by atoms with Crippen LogP contribution in [0.2, 0.25) is 0 Å². The molecule has 2 unspecified atom stereocenters. The Labute approximate surface area is 112 Å². The molecule has 1 aliphatic heterocycles. The van der Waals surface area contributed by atoms with Gasteiger partial charge in [-0.05, 0) is 18.9 Å². The van der Waals surface area contributed by atoms with Gasteiger partial charge in [-0.1, -0.05) is 6.92 Å². The van der Waals surface area contributed by atoms with Crippen molar-refractivity contribution in [2.24, 2.45) is 5.92 Å². The monoisotopic (exact) mass is 268 g/mol. The first kappa shape index (κ1) is 13.4. The first-order valence-electron chi connectivity index (χ1n) is 6.37. The number of nitrogen functional groups attached to an aromatic ring is 1. The molecule has 1 saturated heterocycles. The SMILES string of the molecule is CCC1OCCC1CNc1cc(N)c(C(C)=O)s1. The fourth-order valence-electron chi connectivity index (χ4n) is 2.38. The van der Waals surface area contributed by atoms with E-state index in [1.807, 2.05) is 6.07 Å². The number of Topliss-reactive ketones (excluding diaryl/α,β-unsaturated/α-hetero) is 1. The van der Waals surface area contributed by atoms with Crippen molar-refractivity contribution in [3.63, 3.8) is 0 Å². The van der Waals surface area contributed by atoms with Crippen LogP contribution in [0.15, 0.2) is 6.07 Å². The molecule has 1 aromatic heterocycles. The molecule has 0 spiro atoms. The van der Waals surface area contributed by atoms with Crippen LogP contribution < -0.4 is 11.1 Å². The van der Waals surface area contributed by atoms with Gasteiger partial charge >= 0.3 is 0 Å². The molecule has 0 aliphatic carbocycles. The molecule has 5 heteroatoms. The van der Waals surface area contributed by atoms with Crippen molar-refractivity contribution in [1.29, 1.82) is 0 Å². The number of hydrogen-bond donors (Lipinski definition) is 2. The summed E-state index contributed by atoms with van der Waals surface area (Å²) in [6.45, 7) is 5.44. The number of rotatable bonds is 5. The van der Waals surface area contributed by atoms with E-state index >= 15 is 0 Å². The zero-order chi connectivity index (χ0) is 13.1. The van der Waals surface area contributed by atoms with Crippen LogP contribution in [0.4, 0.5) is 10.7 Å². The molecule has 100 valence electrons. The van der Waals surface area contributed by atoms with Crippen LogP contribution in [-0.4, -0.2) is 25.0 Å². The molecule has 0 saturated carbocycles. The highest BCUT2D eigenvalue weighted by Crippen LogP contribution is 2.31. The summed E-state index contributed by atoms with van der Waals surface area (Å²) >= 11 is 1.43. The van der Waals surface area contributed by atoms with Crippen LogP contribution in [-0.2, 0) is 4.74 Å². The van der Waals surface area contributed by atoms with Gasteiger partial charge in [-0.3, -0.25) is 4.79 Å². The Morgan fingerprint density at radius 2 is 2.44 bits per heavy atom. The lowest BCUT2D eigenvalue weighted by molar-refractivity contribution is 0.0900. The van der Waals surface area contributed by atoms with Gasteiger partial charge in [0.05, 0.1) is 21.7 Å². The summed E-state index contributed by atoms with van der Waals surface area (Å²) in [5.41, 5.74) is 6.38. The number of carbonyl (C=O) groups is 1. The molecule has 0 aromatic carbocycles. The molecule has 1 aromatic rings. The number of hydrogen-bond acceptors (Lipinski definition) is 5. The van der Waals surface area contributed by atoms with Crippen molar-refractivity contribution in [3.8, 4) is 0 Å². The molecular weight excluding hydrogens is 248 g/mol. The van der Waals surface area contributed by atoms with Gasteiger partial charge in [0.25, 0.3) is 0 Å². The van der Waals surface area contributed by atoms with E-state index in [0.717, 1.165) is 31.0 Å². The number of carbonyl (C=O) groups excluding carboxylic acids is 1. The zero-order valence-electron chi connectivity index (χ0n) is 10.9. The Balaban J connectivity index is 1.94. The second-order valence-electron chi connectivity index (χ2n) is 4.70. The van der Waals surface area contributed by atoms with Gasteiger partial charge in [0, 0.05) is 26.0 Å². The fourth-order valence-corrected chi connectivity index (χ4v) is 3.26. The van der Waals surface area contributed by atoms with E-state index in [4.69, 9.17) is 10.5 Å². The molecule has 0 bridgehead atoms. The Bertz CT molecular complexity index is 431. The molecule has 3 N–H and O–H groups in total. The molecule has 2 heterocycles. The zero-order valence-corrected chi connectivity index (χ0v) is 11.7. The summed E-state index contributed by atoms with van der Waals surface area (Å²) in [7, 11) is 0. The summed E-state index contributed by atoms with van der Waals surface area (Å²) in [4.78, 5) is 12.0. The molecule has 1 fully saturated rings. The lowest BCUT2D eigenvalue weighted by atomic mass is 10.00. The number of thiophene rings is 1. The van der Waals surface area contributed by atoms with E-state index in [0.29, 0.717) is 22.6 Å². The van der Waals surface area contributed by atoms with E-state index in [1.54, 1.807) is 6.92 Å². The van der Waals surface area contributed by atoms with Gasteiger partial charge in [0.15, 0.2) is 5.78 Å². The maximum absolute atomic E-state index is 11.3. The van der Waals surface area contributed by atoms with Gasteiger partial charge in [0.1, 0.15) is 0 Å². The first-order valence-corrected chi connectivity index (χ1v) is 7.19. The number of ether oxygens (including phenoxy) is 1. The van der Waals surface area contributed by atoms with Crippen molar-refractivity contribution >= 4 is 27.8 Å². The third-order valence-corrected chi connectivity index (χ3v) is 4.58. The molecule has 4 nitrogen and oxygen atoms in total. The van der Waals surface area contributed by atoms with Gasteiger partial charge in [-0.15, -0.1) is 11.3 Å². The van der Waals surface area contributed by atoms with Gasteiger partial charge < -0.3 is 15.8 Å². The average Bonchev–Trinajstić information content (AvgIpc) is 2.92. The Morgan fingerprint density at radius 3 is 3.06 bits per heavy atom. The first-order chi connectivity index (χ1) is 8.61. The fraction of sp³-hybridized carbons (Fsp3) is 0.615. The van der Waals surface area contributed by atoms with E-state index in [-0.39, 0.29) is 5.78 Å². The normalized spacial score (nSPS) is 23.2. The van der Waals surface area contributed by atoms with Crippen molar-refractivity contribution in [2.45, 2.75) is 32.8 Å². The molecule has 0 amide bonds. The molecule has 2 atom stereocenters. The minimum absolute atomic E-state index is 0.0289. The van der Waals surface area contributed by atoms with Crippen LogP contribution >= 0.6 is 11.3 Å². The summed E-state index contributed by atoms with van der Waals surface area (Å²) in [6.07, 6.45) is 2.52. The molecule has 0 radical (unpaired) electrons. The van der Waals surface area contributed by atoms with Crippen LogP contribution in [0.3, 0.4) is 0 Å². The van der Waals surface area contributed by atoms with Crippen LogP contribution in [0.1, 0.15) is 36.4 Å². The predicted molar refractivity (Wildman–Crippen MR) is 75.4 cm³/mol. The van der Waals surface area contributed by atoms with Gasteiger partial charge in [-0.25, -0.2) is 0 Å². The van der Waals surface area contributed by atoms with Crippen LogP contribution in [0.25, 0.3) is 0 Å².